The molecular weight excluding hydrogens is 835 g/mol. The summed E-state index contributed by atoms with van der Waals surface area (Å²) >= 11 is 1.58. The van der Waals surface area contributed by atoms with E-state index in [1.165, 1.54) is 12.8 Å². The lowest BCUT2D eigenvalue weighted by Crippen LogP contribution is -2.49. The van der Waals surface area contributed by atoms with Crippen LogP contribution in [0.2, 0.25) is 0 Å². The fraction of sp³-hybridized carbons (Fsp3) is 0.510. The Morgan fingerprint density at radius 3 is 2.43 bits per heavy atom. The molecule has 3 atom stereocenters. The zero-order valence-electron chi connectivity index (χ0n) is 39.4. The number of benzene rings is 3. The van der Waals surface area contributed by atoms with Crippen molar-refractivity contribution in [1.82, 2.24) is 30.7 Å². The molecule has 0 aliphatic carbocycles. The highest BCUT2D eigenvalue weighted by molar-refractivity contribution is 7.13. The summed E-state index contributed by atoms with van der Waals surface area (Å²) in [5.74, 6) is 0.397. The molecule has 350 valence electrons. The van der Waals surface area contributed by atoms with Gasteiger partial charge in [-0.05, 0) is 138 Å². The smallest absolute Gasteiger partial charge is 0.251 e. The number of anilines is 3. The minimum atomic E-state index is -0.470. The van der Waals surface area contributed by atoms with Crippen molar-refractivity contribution in [3.63, 3.8) is 0 Å². The molecule has 5 N–H and O–H groups in total. The molecule has 3 aromatic carbocycles. The first-order chi connectivity index (χ1) is 31.4. The molecule has 4 aromatic rings. The monoisotopic (exact) mass is 906 g/mol. The van der Waals surface area contributed by atoms with Crippen LogP contribution in [0.4, 0.5) is 22.7 Å². The van der Waals surface area contributed by atoms with Crippen LogP contribution in [0.1, 0.15) is 108 Å². The molecule has 2 saturated heterocycles. The van der Waals surface area contributed by atoms with E-state index in [1.807, 2.05) is 78.0 Å². The number of nitrogens with one attached hydrogen (secondary N) is 5. The molecule has 65 heavy (non-hydrogen) atoms. The lowest BCUT2D eigenvalue weighted by molar-refractivity contribution is -0.144. The predicted octanol–water partition coefficient (Wildman–Crippen LogP) is 9.30. The zero-order valence-corrected chi connectivity index (χ0v) is 40.3. The summed E-state index contributed by atoms with van der Waals surface area (Å²) in [5.41, 5.74) is 8.59. The van der Waals surface area contributed by atoms with Gasteiger partial charge in [-0.25, -0.2) is 4.98 Å². The van der Waals surface area contributed by atoms with Crippen LogP contribution in [0, 0.1) is 18.3 Å². The van der Waals surface area contributed by atoms with E-state index < -0.39 is 6.04 Å². The lowest BCUT2D eigenvalue weighted by atomic mass is 9.77. The van der Waals surface area contributed by atoms with E-state index in [0.717, 1.165) is 96.2 Å². The van der Waals surface area contributed by atoms with Gasteiger partial charge < -0.3 is 30.9 Å². The van der Waals surface area contributed by atoms with Crippen LogP contribution in [-0.4, -0.2) is 97.3 Å². The topological polar surface area (TPSA) is 152 Å². The first-order valence-electron chi connectivity index (χ1n) is 23.5. The number of carbonyl (C=O) groups is 3. The maximum absolute atomic E-state index is 13.7. The number of nitrogens with zero attached hydrogens (tertiary/aromatic N) is 4. The minimum Gasteiger partial charge on any atom is -0.478 e. The highest BCUT2D eigenvalue weighted by Crippen LogP contribution is 2.35. The second-order valence-electron chi connectivity index (χ2n) is 18.5. The molecular formula is C51H71N9O4S. The van der Waals surface area contributed by atoms with E-state index >= 15 is 0 Å². The van der Waals surface area contributed by atoms with Gasteiger partial charge in [-0.3, -0.25) is 29.6 Å². The fourth-order valence-corrected chi connectivity index (χ4v) is 9.68. The van der Waals surface area contributed by atoms with Crippen molar-refractivity contribution in [2.24, 2.45) is 16.3 Å². The third-order valence-corrected chi connectivity index (χ3v) is 13.7. The minimum absolute atomic E-state index is 0.0855. The van der Waals surface area contributed by atoms with Gasteiger partial charge in [-0.15, -0.1) is 11.3 Å². The first kappa shape index (κ1) is 49.1. The van der Waals surface area contributed by atoms with Gasteiger partial charge in [0.25, 0.3) is 5.91 Å². The number of hydrogen-bond donors (Lipinski definition) is 5. The number of thiazole rings is 1. The Kier molecular flexibility index (Phi) is 18.0. The first-order valence-corrected chi connectivity index (χ1v) is 24.4. The summed E-state index contributed by atoms with van der Waals surface area (Å²) in [5, 5.41) is 16.5. The Bertz CT molecular complexity index is 2200. The Morgan fingerprint density at radius 1 is 0.954 bits per heavy atom. The molecule has 6 rings (SSSR count). The van der Waals surface area contributed by atoms with Gasteiger partial charge in [0.15, 0.2) is 0 Å². The highest BCUT2D eigenvalue weighted by atomic mass is 32.1. The molecule has 14 heteroatoms. The van der Waals surface area contributed by atoms with Crippen LogP contribution in [0.3, 0.4) is 0 Å². The molecule has 2 fully saturated rings. The maximum atomic E-state index is 13.7. The average molecular weight is 906 g/mol. The van der Waals surface area contributed by atoms with E-state index in [2.05, 4.69) is 82.8 Å². The number of carbonyl (C=O) groups excluding carboxylic acids is 3. The highest BCUT2D eigenvalue weighted by Gasteiger charge is 2.40. The van der Waals surface area contributed by atoms with E-state index in [9.17, 15) is 14.4 Å². The third-order valence-electron chi connectivity index (χ3n) is 12.7. The summed E-state index contributed by atoms with van der Waals surface area (Å²) in [6, 6.07) is 19.7. The second kappa shape index (κ2) is 23.7. The number of aryl methyl sites for hydroxylation is 1. The fourth-order valence-electron chi connectivity index (χ4n) is 8.87. The van der Waals surface area contributed by atoms with Gasteiger partial charge in [0.1, 0.15) is 18.5 Å². The van der Waals surface area contributed by atoms with Crippen molar-refractivity contribution in [1.29, 1.82) is 0 Å². The molecule has 2 aliphatic heterocycles. The molecule has 0 spiro atoms. The van der Waals surface area contributed by atoms with Crippen LogP contribution in [0.5, 0.6) is 5.75 Å². The Morgan fingerprint density at radius 2 is 1.72 bits per heavy atom. The number of aliphatic imine (C=N–C) groups is 1. The van der Waals surface area contributed by atoms with E-state index in [-0.39, 0.29) is 42.3 Å². The SMILES string of the molecule is C=Nc1cc(Nc2ccc(C(=O)NCCCCNCOc3cc(-c4scnc4C)ccc3CNC(=O)C3CCCN3C(=O)C(CCC)C(C)(C)C)cc2)ccc1NCCN1CCCC1C. The Hall–Kier alpha value is -5.31. The van der Waals surface area contributed by atoms with Crippen molar-refractivity contribution < 1.29 is 19.1 Å². The van der Waals surface area contributed by atoms with Crippen molar-refractivity contribution in [3.05, 3.63) is 83.0 Å². The lowest BCUT2D eigenvalue weighted by Gasteiger charge is -2.35. The van der Waals surface area contributed by atoms with Crippen molar-refractivity contribution in [3.8, 4) is 16.2 Å². The maximum Gasteiger partial charge on any atom is 0.251 e. The van der Waals surface area contributed by atoms with Crippen LogP contribution in [0.15, 0.2) is 71.2 Å². The number of rotatable bonds is 23. The van der Waals surface area contributed by atoms with Crippen LogP contribution in [0.25, 0.3) is 10.4 Å². The molecule has 3 amide bonds. The normalized spacial score (nSPS) is 16.9. The second-order valence-corrected chi connectivity index (χ2v) is 19.4. The molecule has 1 aromatic heterocycles. The number of ether oxygens (including phenoxy) is 1. The molecule has 0 radical (unpaired) electrons. The van der Waals surface area contributed by atoms with Gasteiger partial charge in [0.05, 0.1) is 27.5 Å². The number of unbranched alkanes of at least 4 members (excludes halogenated alkanes) is 1. The van der Waals surface area contributed by atoms with E-state index in [1.54, 1.807) is 11.3 Å². The van der Waals surface area contributed by atoms with Crippen molar-refractivity contribution >= 4 is 58.5 Å². The summed E-state index contributed by atoms with van der Waals surface area (Å²) in [7, 11) is 0. The van der Waals surface area contributed by atoms with Gasteiger partial charge >= 0.3 is 0 Å². The number of hydrogen-bond acceptors (Lipinski definition) is 11. The van der Waals surface area contributed by atoms with Gasteiger partial charge in [-0.1, -0.05) is 46.2 Å². The van der Waals surface area contributed by atoms with Gasteiger partial charge in [0.2, 0.25) is 11.8 Å². The summed E-state index contributed by atoms with van der Waals surface area (Å²) in [4.78, 5) is 54.4. The summed E-state index contributed by atoms with van der Waals surface area (Å²) in [6.07, 6.45) is 7.39. The van der Waals surface area contributed by atoms with E-state index in [4.69, 9.17) is 4.74 Å². The standard InChI is InChI=1S/C51H71N9O4S/c1-8-13-42(51(4,5)6)50(63)60-28-12-15-45(60)49(62)56-32-39-17-16-38(47-36(3)57-34-65-47)30-46(39)64-33-53-24-9-10-25-55-48(61)37-18-20-40(21-19-37)58-41-22-23-43(44(31-41)52-7)54-26-29-59-27-11-14-35(59)2/h16-23,30-31,34-35,42,45,53-54,58H,7-15,24-29,32-33H2,1-6H3,(H,55,61)(H,56,62). The van der Waals surface area contributed by atoms with Crippen molar-refractivity contribution in [2.45, 2.75) is 112 Å². The largest absolute Gasteiger partial charge is 0.478 e. The molecule has 3 unspecified atom stereocenters. The molecule has 0 saturated carbocycles. The summed E-state index contributed by atoms with van der Waals surface area (Å²) < 4.78 is 6.30. The van der Waals surface area contributed by atoms with Crippen molar-refractivity contribution in [2.75, 3.05) is 56.6 Å². The van der Waals surface area contributed by atoms with E-state index in [0.29, 0.717) is 43.4 Å². The molecule has 13 nitrogen and oxygen atoms in total. The van der Waals surface area contributed by atoms with Crippen LogP contribution in [-0.2, 0) is 16.1 Å². The molecule has 0 bridgehead atoms. The zero-order chi connectivity index (χ0) is 46.3. The Balaban J connectivity index is 0.928. The van der Waals surface area contributed by atoms with Crippen LogP contribution >= 0.6 is 11.3 Å². The number of likely N-dealkylation sites (tertiary alicyclic amines) is 2. The number of amides is 3. The number of aromatic nitrogens is 1. The average Bonchev–Trinajstić information content (AvgIpc) is 4.07. The predicted molar refractivity (Wildman–Crippen MR) is 266 cm³/mol. The molecule has 2 aliphatic rings. The Labute approximate surface area is 390 Å². The van der Waals surface area contributed by atoms with Gasteiger partial charge in [-0.2, -0.15) is 0 Å². The third kappa shape index (κ3) is 13.6. The quantitative estimate of drug-likeness (QED) is 0.0279. The summed E-state index contributed by atoms with van der Waals surface area (Å²) in [6.45, 7) is 21.9. The molecule has 3 heterocycles. The van der Waals surface area contributed by atoms with Gasteiger partial charge in [0, 0.05) is 67.2 Å². The van der Waals surface area contributed by atoms with Crippen LogP contribution < -0.4 is 31.3 Å².